The molecule has 30 heavy (non-hydrogen) atoms. The molecule has 0 aliphatic carbocycles. The Balaban J connectivity index is 0.000000575. The molecule has 3 N–H and O–H groups in total. The fraction of sp³-hybridized carbons (Fsp3) is 0.409. The highest BCUT2D eigenvalue weighted by atomic mass is 32.3. The first-order valence-corrected chi connectivity index (χ1v) is 11.3. The lowest BCUT2D eigenvalue weighted by molar-refractivity contribution is -0.936. The van der Waals surface area contributed by atoms with Gasteiger partial charge in [0, 0.05) is 18.4 Å². The number of carbonyl (C=O) groups excluding carboxylic acids is 1. The maximum absolute atomic E-state index is 12.5. The molecule has 2 aromatic carbocycles. The Bertz CT molecular complexity index is 880. The number of hydrogen-bond donors (Lipinski definition) is 3. The molecule has 0 amide bonds. The minimum Gasteiger partial charge on any atom is -0.726 e. The van der Waals surface area contributed by atoms with Gasteiger partial charge in [0.05, 0.1) is 31.7 Å². The summed E-state index contributed by atoms with van der Waals surface area (Å²) in [7, 11) is -2.73. The van der Waals surface area contributed by atoms with Gasteiger partial charge in [0.1, 0.15) is 0 Å². The molecule has 0 radical (unpaired) electrons. The number of aliphatic hydroxyl groups is 1. The van der Waals surface area contributed by atoms with Crippen LogP contribution in [0, 0.1) is 0 Å². The van der Waals surface area contributed by atoms with Gasteiger partial charge in [0.15, 0.2) is 5.78 Å². The van der Waals surface area contributed by atoms with Crippen molar-refractivity contribution in [2.75, 3.05) is 7.05 Å². The number of ketones is 1. The zero-order valence-electron chi connectivity index (χ0n) is 17.0. The SMILES string of the molecule is C[NH+]1C(CC(=O)c2ccccc2)CCCC1C[C@H](O)c1ccccc1.O=S(=O)([O-])O. The van der Waals surface area contributed by atoms with Crippen LogP contribution in [0.5, 0.6) is 0 Å². The number of rotatable bonds is 6. The molecule has 2 aromatic rings. The molecule has 3 unspecified atom stereocenters. The monoisotopic (exact) mass is 435 g/mol. The smallest absolute Gasteiger partial charge is 0.215 e. The van der Waals surface area contributed by atoms with Crippen molar-refractivity contribution in [2.45, 2.75) is 50.3 Å². The lowest BCUT2D eigenvalue weighted by Gasteiger charge is -2.37. The quantitative estimate of drug-likeness (QED) is 0.362. The van der Waals surface area contributed by atoms with Crippen LogP contribution in [0.4, 0.5) is 0 Å². The summed E-state index contributed by atoms with van der Waals surface area (Å²) in [6, 6.07) is 20.2. The summed E-state index contributed by atoms with van der Waals surface area (Å²) in [5.41, 5.74) is 1.79. The largest absolute Gasteiger partial charge is 0.726 e. The van der Waals surface area contributed by atoms with E-state index in [1.165, 1.54) is 4.90 Å². The maximum Gasteiger partial charge on any atom is 0.215 e. The molecule has 4 atom stereocenters. The number of benzene rings is 2. The highest BCUT2D eigenvalue weighted by Crippen LogP contribution is 2.22. The van der Waals surface area contributed by atoms with Gasteiger partial charge in [-0.15, -0.1) is 0 Å². The molecular weight excluding hydrogens is 406 g/mol. The van der Waals surface area contributed by atoms with E-state index < -0.39 is 16.5 Å². The highest BCUT2D eigenvalue weighted by Gasteiger charge is 2.34. The van der Waals surface area contributed by atoms with Crippen molar-refractivity contribution in [3.63, 3.8) is 0 Å². The van der Waals surface area contributed by atoms with Crippen molar-refractivity contribution in [2.24, 2.45) is 0 Å². The zero-order valence-corrected chi connectivity index (χ0v) is 17.8. The number of nitrogens with one attached hydrogen (secondary N) is 1. The first-order chi connectivity index (χ1) is 14.1. The van der Waals surface area contributed by atoms with Gasteiger partial charge in [-0.2, -0.15) is 0 Å². The summed E-state index contributed by atoms with van der Waals surface area (Å²) in [6.07, 6.45) is 4.26. The standard InChI is InChI=1S/C22H27NO2.H2O4S/c1-23-19(15-21(24)17-9-4-2-5-10-17)13-8-14-20(23)16-22(25)18-11-6-3-7-12-18;1-5(2,3)4/h2-7,9-12,19-21,24H,8,13-16H2,1H3;(H2,1,2,3,4)/t19?,20?,21-;/m0./s1. The third kappa shape index (κ3) is 8.33. The van der Waals surface area contributed by atoms with Gasteiger partial charge in [0.2, 0.25) is 10.4 Å². The number of hydrogen-bond acceptors (Lipinski definition) is 5. The van der Waals surface area contributed by atoms with Gasteiger partial charge in [-0.25, -0.2) is 8.42 Å². The molecule has 1 heterocycles. The molecule has 0 spiro atoms. The molecule has 0 bridgehead atoms. The molecule has 7 nitrogen and oxygen atoms in total. The third-order valence-electron chi connectivity index (χ3n) is 5.61. The first-order valence-electron chi connectivity index (χ1n) is 9.98. The molecule has 1 fully saturated rings. The van der Waals surface area contributed by atoms with Crippen LogP contribution < -0.4 is 4.90 Å². The molecule has 0 saturated carbocycles. The molecule has 3 rings (SSSR count). The second-order valence-corrected chi connectivity index (χ2v) is 8.51. The van der Waals surface area contributed by atoms with E-state index in [4.69, 9.17) is 17.5 Å². The van der Waals surface area contributed by atoms with Crippen LogP contribution in [-0.4, -0.2) is 47.5 Å². The Hall–Kier alpha value is -2.10. The number of Topliss-reactive ketones (excluding diaryl/α,β-unsaturated/α-hetero) is 1. The molecule has 0 aromatic heterocycles. The van der Waals surface area contributed by atoms with Crippen molar-refractivity contribution in [1.29, 1.82) is 0 Å². The molecular formula is C22H29NO6S. The first kappa shape index (κ1) is 24.2. The van der Waals surface area contributed by atoms with Gasteiger partial charge in [-0.05, 0) is 18.4 Å². The Kier molecular flexibility index (Phi) is 9.13. The van der Waals surface area contributed by atoms with Crippen LogP contribution in [0.15, 0.2) is 60.7 Å². The van der Waals surface area contributed by atoms with Crippen LogP contribution in [0.25, 0.3) is 0 Å². The highest BCUT2D eigenvalue weighted by molar-refractivity contribution is 7.79. The van der Waals surface area contributed by atoms with Crippen molar-refractivity contribution >= 4 is 16.2 Å². The number of likely N-dealkylation sites (tertiary alicyclic amines) is 1. The summed E-state index contributed by atoms with van der Waals surface area (Å²) >= 11 is 0. The molecule has 164 valence electrons. The average Bonchev–Trinajstić information content (AvgIpc) is 2.71. The summed E-state index contributed by atoms with van der Waals surface area (Å²) in [5, 5.41) is 10.6. The van der Waals surface area contributed by atoms with Crippen molar-refractivity contribution in [1.82, 2.24) is 0 Å². The normalized spacial score (nSPS) is 22.5. The Morgan fingerprint density at radius 2 is 1.57 bits per heavy atom. The molecule has 8 heteroatoms. The lowest BCUT2D eigenvalue weighted by atomic mass is 9.88. The molecule has 1 aliphatic heterocycles. The Morgan fingerprint density at radius 3 is 2.13 bits per heavy atom. The fourth-order valence-electron chi connectivity index (χ4n) is 4.01. The number of carbonyl (C=O) groups is 1. The van der Waals surface area contributed by atoms with Crippen LogP contribution in [-0.2, 0) is 10.4 Å². The van der Waals surface area contributed by atoms with E-state index in [9.17, 15) is 9.90 Å². The second-order valence-electron chi connectivity index (χ2n) is 7.65. The summed E-state index contributed by atoms with van der Waals surface area (Å²) < 4.78 is 32.8. The third-order valence-corrected chi connectivity index (χ3v) is 5.61. The fourth-order valence-corrected chi connectivity index (χ4v) is 4.01. The summed E-state index contributed by atoms with van der Waals surface area (Å²) in [4.78, 5) is 13.9. The minimum atomic E-state index is -4.92. The van der Waals surface area contributed by atoms with Crippen molar-refractivity contribution in [3.8, 4) is 0 Å². The van der Waals surface area contributed by atoms with Crippen LogP contribution in [0.2, 0.25) is 0 Å². The van der Waals surface area contributed by atoms with E-state index in [0.29, 0.717) is 18.5 Å². The predicted molar refractivity (Wildman–Crippen MR) is 112 cm³/mol. The summed E-state index contributed by atoms with van der Waals surface area (Å²) in [5.74, 6) is 0.231. The van der Waals surface area contributed by atoms with E-state index in [0.717, 1.165) is 36.8 Å². The Morgan fingerprint density at radius 1 is 1.07 bits per heavy atom. The van der Waals surface area contributed by atoms with E-state index in [-0.39, 0.29) is 5.78 Å². The van der Waals surface area contributed by atoms with E-state index in [1.54, 1.807) is 0 Å². The van der Waals surface area contributed by atoms with Crippen LogP contribution >= 0.6 is 0 Å². The van der Waals surface area contributed by atoms with Crippen LogP contribution in [0.1, 0.15) is 54.1 Å². The van der Waals surface area contributed by atoms with E-state index in [1.807, 2.05) is 60.7 Å². The average molecular weight is 436 g/mol. The number of quaternary nitrogens is 1. The molecule has 1 saturated heterocycles. The van der Waals surface area contributed by atoms with E-state index in [2.05, 4.69) is 7.05 Å². The molecule has 1 aliphatic rings. The Labute approximate surface area is 177 Å². The number of aliphatic hydroxyl groups excluding tert-OH is 1. The van der Waals surface area contributed by atoms with Gasteiger partial charge in [-0.3, -0.25) is 9.35 Å². The minimum absolute atomic E-state index is 0.231. The van der Waals surface area contributed by atoms with Crippen LogP contribution in [0.3, 0.4) is 0 Å². The zero-order chi connectivity index (χ0) is 22.1. The van der Waals surface area contributed by atoms with E-state index >= 15 is 0 Å². The van der Waals surface area contributed by atoms with Gasteiger partial charge < -0.3 is 14.6 Å². The number of piperidine rings is 1. The lowest BCUT2D eigenvalue weighted by Crippen LogP contribution is -3.17. The summed E-state index contributed by atoms with van der Waals surface area (Å²) in [6.45, 7) is 0. The predicted octanol–water partition coefficient (Wildman–Crippen LogP) is 1.82. The topological polar surface area (TPSA) is 119 Å². The van der Waals surface area contributed by atoms with Crippen molar-refractivity contribution in [3.05, 3.63) is 71.8 Å². The van der Waals surface area contributed by atoms with Gasteiger partial charge in [0.25, 0.3) is 0 Å². The second kappa shape index (κ2) is 11.3. The van der Waals surface area contributed by atoms with Gasteiger partial charge >= 0.3 is 0 Å². The maximum atomic E-state index is 12.5. The van der Waals surface area contributed by atoms with Gasteiger partial charge in [-0.1, -0.05) is 60.7 Å². The van der Waals surface area contributed by atoms with Crippen molar-refractivity contribution < 1.29 is 32.3 Å².